The predicted molar refractivity (Wildman–Crippen MR) is 168 cm³/mol. The fraction of sp³-hybridized carbons (Fsp3) is 0.906. The SMILES string of the molecule is CC(=O)C[C@@H]1C(O)[C@@H](OC2C(O)C(O[C@H]3O[C@H](CNC(=O)OC(C)(C)C)CCC3C)[C@@H](NC(=O)OC(C)(C)C)C[C@H]2N)OCC1(C)O. The first-order valence-electron chi connectivity index (χ1n) is 16.4. The van der Waals surface area contributed by atoms with E-state index >= 15 is 0 Å². The lowest BCUT2D eigenvalue weighted by atomic mass is 9.79. The van der Waals surface area contributed by atoms with Crippen molar-refractivity contribution < 1.29 is 58.1 Å². The summed E-state index contributed by atoms with van der Waals surface area (Å²) in [5, 5.41) is 39.1. The minimum Gasteiger partial charge on any atom is -0.444 e. The molecule has 2 heterocycles. The van der Waals surface area contributed by atoms with Crippen molar-refractivity contribution in [3.63, 3.8) is 0 Å². The summed E-state index contributed by atoms with van der Waals surface area (Å²) in [7, 11) is 0. The van der Waals surface area contributed by atoms with Gasteiger partial charge in [0.25, 0.3) is 0 Å². The van der Waals surface area contributed by atoms with Crippen LogP contribution >= 0.6 is 0 Å². The lowest BCUT2D eigenvalue weighted by Crippen LogP contribution is -2.67. The zero-order valence-corrected chi connectivity index (χ0v) is 29.2. The number of hydrogen-bond acceptors (Lipinski definition) is 13. The lowest BCUT2D eigenvalue weighted by Gasteiger charge is -2.49. The quantitative estimate of drug-likeness (QED) is 0.204. The summed E-state index contributed by atoms with van der Waals surface area (Å²) < 4.78 is 35.1. The molecule has 0 bridgehead atoms. The number of carbonyl (C=O) groups is 3. The van der Waals surface area contributed by atoms with E-state index in [0.29, 0.717) is 12.8 Å². The molecule has 3 rings (SSSR count). The molecule has 15 heteroatoms. The number of carbonyl (C=O) groups excluding carboxylic acids is 3. The molecule has 1 saturated carbocycles. The Morgan fingerprint density at radius 2 is 1.53 bits per heavy atom. The van der Waals surface area contributed by atoms with E-state index in [1.165, 1.54) is 13.8 Å². The van der Waals surface area contributed by atoms with Crippen LogP contribution in [-0.4, -0.2) is 118 Å². The van der Waals surface area contributed by atoms with E-state index in [1.807, 2.05) is 6.92 Å². The van der Waals surface area contributed by atoms with Crippen LogP contribution in [0.1, 0.15) is 88.0 Å². The van der Waals surface area contributed by atoms with E-state index in [1.54, 1.807) is 41.5 Å². The monoisotopic (exact) mass is 675 g/mol. The van der Waals surface area contributed by atoms with Crippen molar-refractivity contribution in [2.24, 2.45) is 17.6 Å². The van der Waals surface area contributed by atoms with Gasteiger partial charge in [0.2, 0.25) is 0 Å². The van der Waals surface area contributed by atoms with Gasteiger partial charge >= 0.3 is 12.2 Å². The molecule has 6 unspecified atom stereocenters. The molecule has 2 aliphatic heterocycles. The molecule has 3 fully saturated rings. The van der Waals surface area contributed by atoms with Crippen molar-refractivity contribution >= 4 is 18.0 Å². The van der Waals surface area contributed by atoms with Crippen LogP contribution in [0.4, 0.5) is 9.59 Å². The number of nitrogens with one attached hydrogen (secondary N) is 2. The smallest absolute Gasteiger partial charge is 0.407 e. The summed E-state index contributed by atoms with van der Waals surface area (Å²) in [4.78, 5) is 37.0. The average molecular weight is 676 g/mol. The Labute approximate surface area is 277 Å². The highest BCUT2D eigenvalue weighted by Crippen LogP contribution is 2.36. The van der Waals surface area contributed by atoms with Gasteiger partial charge in [0.1, 0.15) is 41.4 Å². The number of ether oxygens (including phenoxy) is 6. The molecule has 272 valence electrons. The van der Waals surface area contributed by atoms with E-state index in [2.05, 4.69) is 10.6 Å². The normalized spacial score (nSPS) is 38.3. The molecule has 0 aromatic heterocycles. The van der Waals surface area contributed by atoms with Crippen LogP contribution in [0.25, 0.3) is 0 Å². The molecule has 0 spiro atoms. The van der Waals surface area contributed by atoms with Gasteiger partial charge in [0, 0.05) is 30.8 Å². The third-order valence-electron chi connectivity index (χ3n) is 8.45. The van der Waals surface area contributed by atoms with Crippen LogP contribution in [0.3, 0.4) is 0 Å². The number of Topliss-reactive ketones (excluding diaryl/α,β-unsaturated/α-hetero) is 1. The number of amides is 2. The highest BCUT2D eigenvalue weighted by atomic mass is 16.7. The van der Waals surface area contributed by atoms with Gasteiger partial charge in [-0.15, -0.1) is 0 Å². The Bertz CT molecular complexity index is 1080. The second kappa shape index (κ2) is 15.6. The summed E-state index contributed by atoms with van der Waals surface area (Å²) in [5.41, 5.74) is 3.56. The van der Waals surface area contributed by atoms with Gasteiger partial charge in [-0.25, -0.2) is 9.59 Å². The number of hydrogen-bond donors (Lipinski definition) is 6. The van der Waals surface area contributed by atoms with Crippen molar-refractivity contribution in [3.8, 4) is 0 Å². The Morgan fingerprint density at radius 3 is 2.13 bits per heavy atom. The minimum atomic E-state index is -1.49. The predicted octanol–water partition coefficient (Wildman–Crippen LogP) is 1.47. The van der Waals surface area contributed by atoms with E-state index in [9.17, 15) is 29.7 Å². The number of rotatable bonds is 9. The largest absolute Gasteiger partial charge is 0.444 e. The Kier molecular flexibility index (Phi) is 13.1. The van der Waals surface area contributed by atoms with E-state index in [-0.39, 0.29) is 37.7 Å². The molecular formula is C32H57N3O12. The maximum Gasteiger partial charge on any atom is 0.407 e. The molecule has 1 aliphatic carbocycles. The van der Waals surface area contributed by atoms with Gasteiger partial charge in [-0.2, -0.15) is 0 Å². The van der Waals surface area contributed by atoms with Crippen molar-refractivity contribution in [1.29, 1.82) is 0 Å². The topological polar surface area (TPSA) is 217 Å². The Morgan fingerprint density at radius 1 is 0.936 bits per heavy atom. The number of aliphatic hydroxyl groups excluding tert-OH is 2. The molecule has 0 radical (unpaired) electrons. The molecule has 0 aromatic carbocycles. The van der Waals surface area contributed by atoms with Crippen molar-refractivity contribution in [2.75, 3.05) is 13.2 Å². The highest BCUT2D eigenvalue weighted by molar-refractivity contribution is 5.76. The van der Waals surface area contributed by atoms with Gasteiger partial charge in [-0.1, -0.05) is 6.92 Å². The van der Waals surface area contributed by atoms with Gasteiger partial charge in [0.15, 0.2) is 12.6 Å². The van der Waals surface area contributed by atoms with E-state index in [4.69, 9.17) is 34.2 Å². The second-order valence-corrected chi connectivity index (χ2v) is 15.4. The molecule has 7 N–H and O–H groups in total. The number of alkyl carbamates (subject to hydrolysis) is 2. The Balaban J connectivity index is 1.79. The molecule has 2 amide bonds. The zero-order valence-electron chi connectivity index (χ0n) is 29.2. The van der Waals surface area contributed by atoms with Crippen LogP contribution in [0.15, 0.2) is 0 Å². The summed E-state index contributed by atoms with van der Waals surface area (Å²) >= 11 is 0. The molecule has 0 aromatic rings. The summed E-state index contributed by atoms with van der Waals surface area (Å²) in [6.07, 6.45) is -7.63. The van der Waals surface area contributed by atoms with Crippen LogP contribution < -0.4 is 16.4 Å². The number of ketones is 1. The summed E-state index contributed by atoms with van der Waals surface area (Å²) in [6, 6.07) is -1.68. The third-order valence-corrected chi connectivity index (χ3v) is 8.45. The molecule has 15 nitrogen and oxygen atoms in total. The molecular weight excluding hydrogens is 618 g/mol. The third kappa shape index (κ3) is 11.5. The maximum atomic E-state index is 12.8. The molecule has 2 saturated heterocycles. The molecule has 3 aliphatic rings. The summed E-state index contributed by atoms with van der Waals surface area (Å²) in [5.74, 6) is -1.22. The van der Waals surface area contributed by atoms with Gasteiger partial charge in [0.05, 0.1) is 24.4 Å². The fourth-order valence-electron chi connectivity index (χ4n) is 6.09. The average Bonchev–Trinajstić information content (AvgIpc) is 2.90. The minimum absolute atomic E-state index is 0.0910. The number of aliphatic hydroxyl groups is 3. The fourth-order valence-corrected chi connectivity index (χ4v) is 6.09. The highest BCUT2D eigenvalue weighted by Gasteiger charge is 2.52. The van der Waals surface area contributed by atoms with Crippen LogP contribution in [0, 0.1) is 11.8 Å². The lowest BCUT2D eigenvalue weighted by molar-refractivity contribution is -0.316. The first-order valence-corrected chi connectivity index (χ1v) is 16.4. The second-order valence-electron chi connectivity index (χ2n) is 15.4. The first kappa shape index (κ1) is 39.3. The van der Waals surface area contributed by atoms with Crippen molar-refractivity contribution in [3.05, 3.63) is 0 Å². The van der Waals surface area contributed by atoms with Crippen LogP contribution in [0.5, 0.6) is 0 Å². The standard InChI is InChI=1S/C32H57N3O12/c1-16-10-11-18(14-34-28(39)46-30(3,4)5)43-26(16)45-25-21(35-29(40)47-31(6,7)8)13-20(33)24(23(25)38)44-27-22(37)19(12-17(2)36)32(9,41)15-42-27/h16,18-27,37-38,41H,10-15,33H2,1-9H3,(H,34,39)(H,35,40)/t16?,18-,19+,20+,21-,22?,23?,24?,25?,26+,27+,32?/m0/s1. The van der Waals surface area contributed by atoms with E-state index < -0.39 is 90.1 Å². The maximum absolute atomic E-state index is 12.8. The molecule has 47 heavy (non-hydrogen) atoms. The van der Waals surface area contributed by atoms with Gasteiger partial charge < -0.3 is 64.9 Å². The van der Waals surface area contributed by atoms with E-state index in [0.717, 1.165) is 0 Å². The number of nitrogens with two attached hydrogens (primary N) is 1. The van der Waals surface area contributed by atoms with Gasteiger partial charge in [-0.3, -0.25) is 0 Å². The Hall–Kier alpha value is -2.11. The van der Waals surface area contributed by atoms with Gasteiger partial charge in [-0.05, 0) is 74.7 Å². The van der Waals surface area contributed by atoms with Crippen LogP contribution in [0.2, 0.25) is 0 Å². The summed E-state index contributed by atoms with van der Waals surface area (Å²) in [6.45, 7) is 15.2. The first-order chi connectivity index (χ1) is 21.6. The zero-order chi connectivity index (χ0) is 35.5. The van der Waals surface area contributed by atoms with Crippen molar-refractivity contribution in [2.45, 2.75) is 160 Å². The van der Waals surface area contributed by atoms with Crippen molar-refractivity contribution in [1.82, 2.24) is 10.6 Å². The van der Waals surface area contributed by atoms with Crippen LogP contribution in [-0.2, 0) is 33.2 Å². The molecule has 12 atom stereocenters.